The molecule has 0 N–H and O–H groups in total. The van der Waals surface area contributed by atoms with E-state index in [4.69, 9.17) is 0 Å². The summed E-state index contributed by atoms with van der Waals surface area (Å²) in [6.45, 7) is 2.62. The van der Waals surface area contributed by atoms with Gasteiger partial charge in [-0.15, -0.1) is 0 Å². The van der Waals surface area contributed by atoms with Crippen molar-refractivity contribution >= 4 is 16.0 Å². The van der Waals surface area contributed by atoms with Crippen LogP contribution in [0.15, 0.2) is 0 Å². The third kappa shape index (κ3) is 1.96. The maximum Gasteiger partial charge on any atom is 0.310 e. The van der Waals surface area contributed by atoms with Crippen molar-refractivity contribution in [2.24, 2.45) is 11.8 Å². The van der Waals surface area contributed by atoms with E-state index < -0.39 is 10.0 Å². The Morgan fingerprint density at radius 2 is 1.94 bits per heavy atom. The Hall–Kier alpha value is -0.620. The van der Waals surface area contributed by atoms with E-state index in [0.29, 0.717) is 6.54 Å². The van der Waals surface area contributed by atoms with Crippen molar-refractivity contribution in [2.75, 3.05) is 20.2 Å². The van der Waals surface area contributed by atoms with Crippen molar-refractivity contribution in [1.82, 2.24) is 4.31 Å². The number of carbonyl (C=O) groups excluding carboxylic acids is 1. The number of ether oxygens (including phenoxy) is 1. The number of sulfonamides is 1. The van der Waals surface area contributed by atoms with Gasteiger partial charge in [0, 0.05) is 13.1 Å². The molecule has 16 heavy (non-hydrogen) atoms. The molecule has 1 saturated heterocycles. The van der Waals surface area contributed by atoms with E-state index in [9.17, 15) is 13.2 Å². The lowest BCUT2D eigenvalue weighted by molar-refractivity contribution is -0.145. The molecule has 0 aromatic rings. The molecule has 2 rings (SSSR count). The van der Waals surface area contributed by atoms with Gasteiger partial charge in [0.05, 0.1) is 18.3 Å². The number of esters is 1. The van der Waals surface area contributed by atoms with E-state index in [-0.39, 0.29) is 29.6 Å². The molecule has 2 fully saturated rings. The van der Waals surface area contributed by atoms with E-state index in [2.05, 4.69) is 4.74 Å². The van der Waals surface area contributed by atoms with E-state index >= 15 is 0 Å². The number of hydrogen-bond donors (Lipinski definition) is 0. The number of methoxy groups -OCH3 is 1. The van der Waals surface area contributed by atoms with Crippen LogP contribution >= 0.6 is 0 Å². The number of carbonyl (C=O) groups is 1. The highest BCUT2D eigenvalue weighted by atomic mass is 32.2. The van der Waals surface area contributed by atoms with Crippen molar-refractivity contribution < 1.29 is 17.9 Å². The number of rotatable bonds is 3. The third-order valence-electron chi connectivity index (χ3n) is 3.39. The summed E-state index contributed by atoms with van der Waals surface area (Å²) >= 11 is 0. The third-order valence-corrected chi connectivity index (χ3v) is 5.72. The Kier molecular flexibility index (Phi) is 2.96. The molecular weight excluding hydrogens is 230 g/mol. The molecule has 1 aliphatic heterocycles. The minimum atomic E-state index is -3.15. The average molecular weight is 247 g/mol. The molecule has 0 aromatic heterocycles. The van der Waals surface area contributed by atoms with Gasteiger partial charge in [-0.25, -0.2) is 12.7 Å². The Balaban J connectivity index is 2.09. The van der Waals surface area contributed by atoms with Gasteiger partial charge in [-0.05, 0) is 18.8 Å². The van der Waals surface area contributed by atoms with E-state index in [1.807, 2.05) is 6.92 Å². The zero-order valence-corrected chi connectivity index (χ0v) is 10.4. The van der Waals surface area contributed by atoms with Gasteiger partial charge in [0.15, 0.2) is 0 Å². The van der Waals surface area contributed by atoms with E-state index in [0.717, 1.165) is 12.8 Å². The van der Waals surface area contributed by atoms with Crippen LogP contribution in [0.1, 0.15) is 19.8 Å². The van der Waals surface area contributed by atoms with Crippen molar-refractivity contribution in [3.8, 4) is 0 Å². The van der Waals surface area contributed by atoms with Crippen LogP contribution in [-0.4, -0.2) is 44.1 Å². The molecule has 0 radical (unpaired) electrons. The quantitative estimate of drug-likeness (QED) is 0.669. The van der Waals surface area contributed by atoms with Gasteiger partial charge in [-0.3, -0.25) is 4.79 Å². The van der Waals surface area contributed by atoms with Crippen LogP contribution in [0.5, 0.6) is 0 Å². The summed E-state index contributed by atoms with van der Waals surface area (Å²) in [7, 11) is -1.81. The molecule has 6 heteroatoms. The molecule has 2 unspecified atom stereocenters. The highest BCUT2D eigenvalue weighted by molar-refractivity contribution is 7.90. The summed E-state index contributed by atoms with van der Waals surface area (Å²) in [5, 5.41) is -0.198. The first-order valence-electron chi connectivity index (χ1n) is 5.53. The molecule has 0 amide bonds. The van der Waals surface area contributed by atoms with Gasteiger partial charge in [0.25, 0.3) is 0 Å². The zero-order chi connectivity index (χ0) is 11.9. The van der Waals surface area contributed by atoms with Crippen molar-refractivity contribution in [3.63, 3.8) is 0 Å². The predicted octanol–water partition coefficient (Wildman–Crippen LogP) is 0.219. The fraction of sp³-hybridized carbons (Fsp3) is 0.900. The SMILES string of the molecule is COC(=O)C1CN(S(=O)(=O)C2CC2)CC1C. The Morgan fingerprint density at radius 1 is 1.31 bits per heavy atom. The summed E-state index contributed by atoms with van der Waals surface area (Å²) in [6.07, 6.45) is 1.52. The molecule has 1 aliphatic carbocycles. The summed E-state index contributed by atoms with van der Waals surface area (Å²) in [5.41, 5.74) is 0. The second kappa shape index (κ2) is 4.00. The molecule has 1 heterocycles. The second-order valence-electron chi connectivity index (χ2n) is 4.67. The van der Waals surface area contributed by atoms with Crippen LogP contribution in [0.2, 0.25) is 0 Å². The first-order chi connectivity index (χ1) is 7.46. The fourth-order valence-corrected chi connectivity index (χ4v) is 4.13. The summed E-state index contributed by atoms with van der Waals surface area (Å²) in [6, 6.07) is 0. The Bertz CT molecular complexity index is 388. The molecule has 0 spiro atoms. The second-order valence-corrected chi connectivity index (χ2v) is 6.88. The molecule has 0 bridgehead atoms. The maximum atomic E-state index is 12.0. The van der Waals surface area contributed by atoms with E-state index in [1.54, 1.807) is 0 Å². The van der Waals surface area contributed by atoms with Crippen molar-refractivity contribution in [1.29, 1.82) is 0 Å². The van der Waals surface area contributed by atoms with Crippen LogP contribution in [0.25, 0.3) is 0 Å². The number of hydrogen-bond acceptors (Lipinski definition) is 4. The molecule has 0 aromatic carbocycles. The molecular formula is C10H17NO4S. The van der Waals surface area contributed by atoms with Crippen LogP contribution in [0.4, 0.5) is 0 Å². The standard InChI is InChI=1S/C10H17NO4S/c1-7-5-11(6-9(7)10(12)15-2)16(13,14)8-3-4-8/h7-9H,3-6H2,1-2H3. The highest BCUT2D eigenvalue weighted by Crippen LogP contribution is 2.35. The van der Waals surface area contributed by atoms with E-state index in [1.165, 1.54) is 11.4 Å². The van der Waals surface area contributed by atoms with Crippen LogP contribution < -0.4 is 0 Å². The summed E-state index contributed by atoms with van der Waals surface area (Å²) in [5.74, 6) is -0.569. The van der Waals surface area contributed by atoms with Gasteiger partial charge in [-0.2, -0.15) is 0 Å². The molecule has 5 nitrogen and oxygen atoms in total. The molecule has 92 valence electrons. The Labute approximate surface area is 95.8 Å². The average Bonchev–Trinajstić information content (AvgIpc) is 3.01. The maximum absolute atomic E-state index is 12.0. The van der Waals surface area contributed by atoms with Crippen LogP contribution in [0, 0.1) is 11.8 Å². The molecule has 2 atom stereocenters. The molecule has 2 aliphatic rings. The summed E-state index contributed by atoms with van der Waals surface area (Å²) < 4.78 is 30.1. The lowest BCUT2D eigenvalue weighted by Crippen LogP contribution is -2.32. The van der Waals surface area contributed by atoms with Crippen molar-refractivity contribution in [2.45, 2.75) is 25.0 Å². The number of nitrogens with zero attached hydrogens (tertiary/aromatic N) is 1. The van der Waals surface area contributed by atoms with Gasteiger partial charge >= 0.3 is 5.97 Å². The minimum Gasteiger partial charge on any atom is -0.469 e. The fourth-order valence-electron chi connectivity index (χ4n) is 2.17. The van der Waals surface area contributed by atoms with Crippen molar-refractivity contribution in [3.05, 3.63) is 0 Å². The largest absolute Gasteiger partial charge is 0.469 e. The Morgan fingerprint density at radius 3 is 2.44 bits per heavy atom. The first-order valence-corrected chi connectivity index (χ1v) is 7.04. The smallest absolute Gasteiger partial charge is 0.310 e. The first kappa shape index (κ1) is 11.9. The lowest BCUT2D eigenvalue weighted by Gasteiger charge is -2.15. The highest BCUT2D eigenvalue weighted by Gasteiger charge is 2.46. The zero-order valence-electron chi connectivity index (χ0n) is 9.55. The van der Waals surface area contributed by atoms with Gasteiger partial charge in [-0.1, -0.05) is 6.92 Å². The van der Waals surface area contributed by atoms with Crippen LogP contribution in [0.3, 0.4) is 0 Å². The van der Waals surface area contributed by atoms with Crippen LogP contribution in [-0.2, 0) is 19.6 Å². The lowest BCUT2D eigenvalue weighted by atomic mass is 9.99. The monoisotopic (exact) mass is 247 g/mol. The van der Waals surface area contributed by atoms with Gasteiger partial charge in [0.2, 0.25) is 10.0 Å². The summed E-state index contributed by atoms with van der Waals surface area (Å²) in [4.78, 5) is 11.4. The van der Waals surface area contributed by atoms with Gasteiger partial charge < -0.3 is 4.74 Å². The molecule has 1 saturated carbocycles. The minimum absolute atomic E-state index is 0.0426. The predicted molar refractivity (Wildman–Crippen MR) is 58.2 cm³/mol. The topological polar surface area (TPSA) is 63.7 Å². The normalized spacial score (nSPS) is 31.6. The van der Waals surface area contributed by atoms with Gasteiger partial charge in [0.1, 0.15) is 0 Å².